The summed E-state index contributed by atoms with van der Waals surface area (Å²) in [5.74, 6) is 0.913. The number of hydrogen-bond donors (Lipinski definition) is 2. The molecule has 2 heterocycles. The van der Waals surface area contributed by atoms with Gasteiger partial charge in [0.2, 0.25) is 5.91 Å². The molecule has 2 N–H and O–H groups in total. The molecule has 0 aliphatic carbocycles. The van der Waals surface area contributed by atoms with Gasteiger partial charge in [0.15, 0.2) is 0 Å². The summed E-state index contributed by atoms with van der Waals surface area (Å²) in [6, 6.07) is 3.44. The predicted octanol–water partition coefficient (Wildman–Crippen LogP) is 2.70. The van der Waals surface area contributed by atoms with Crippen LogP contribution in [0.5, 0.6) is 0 Å². The van der Waals surface area contributed by atoms with E-state index < -0.39 is 5.41 Å². The maximum absolute atomic E-state index is 12.4. The van der Waals surface area contributed by atoms with Crippen LogP contribution in [0.15, 0.2) is 18.3 Å². The summed E-state index contributed by atoms with van der Waals surface area (Å²) < 4.78 is 0. The number of amides is 1. The minimum Gasteiger partial charge on any atom is -0.316 e. The van der Waals surface area contributed by atoms with Gasteiger partial charge in [0.1, 0.15) is 5.82 Å². The van der Waals surface area contributed by atoms with Gasteiger partial charge in [-0.3, -0.25) is 4.79 Å². The Balaban J connectivity index is 2.03. The standard InChI is InChI=1S/C14H20ClN3O/c1-14(2,10-4-3-7-16-8-10)13(19)18-12-6-5-11(15)9-17-12/h5-6,9-10,16H,3-4,7-8H2,1-2H3,(H,17,18,19). The number of nitrogens with zero attached hydrogens (tertiary/aromatic N) is 1. The van der Waals surface area contributed by atoms with Crippen LogP contribution in [-0.4, -0.2) is 24.0 Å². The van der Waals surface area contributed by atoms with Crippen molar-refractivity contribution in [3.8, 4) is 0 Å². The molecule has 1 fully saturated rings. The van der Waals surface area contributed by atoms with Crippen molar-refractivity contribution in [2.45, 2.75) is 26.7 Å². The highest BCUT2D eigenvalue weighted by Gasteiger charge is 2.37. The molecule has 1 aromatic heterocycles. The number of hydrogen-bond acceptors (Lipinski definition) is 3. The molecule has 0 saturated carbocycles. The number of aromatic nitrogens is 1. The zero-order valence-corrected chi connectivity index (χ0v) is 12.1. The van der Waals surface area contributed by atoms with Crippen LogP contribution in [0.25, 0.3) is 0 Å². The number of rotatable bonds is 3. The predicted molar refractivity (Wildman–Crippen MR) is 77.3 cm³/mol. The van der Waals surface area contributed by atoms with Gasteiger partial charge >= 0.3 is 0 Å². The molecule has 1 saturated heterocycles. The summed E-state index contributed by atoms with van der Waals surface area (Å²) in [5, 5.41) is 6.79. The lowest BCUT2D eigenvalue weighted by molar-refractivity contribution is -0.127. The van der Waals surface area contributed by atoms with Gasteiger partial charge in [0.05, 0.1) is 5.02 Å². The number of halogens is 1. The molecule has 5 heteroatoms. The lowest BCUT2D eigenvalue weighted by atomic mass is 9.74. The maximum atomic E-state index is 12.4. The van der Waals surface area contributed by atoms with E-state index in [0.717, 1.165) is 25.9 Å². The molecule has 1 amide bonds. The van der Waals surface area contributed by atoms with E-state index in [0.29, 0.717) is 16.8 Å². The Morgan fingerprint density at radius 1 is 1.53 bits per heavy atom. The second-order valence-electron chi connectivity index (χ2n) is 5.58. The molecule has 2 rings (SSSR count). The van der Waals surface area contributed by atoms with Gasteiger partial charge in [0, 0.05) is 11.6 Å². The van der Waals surface area contributed by atoms with Crippen LogP contribution in [0.4, 0.5) is 5.82 Å². The van der Waals surface area contributed by atoms with E-state index in [1.165, 1.54) is 6.20 Å². The van der Waals surface area contributed by atoms with Crippen LogP contribution in [0.3, 0.4) is 0 Å². The summed E-state index contributed by atoms with van der Waals surface area (Å²) in [7, 11) is 0. The van der Waals surface area contributed by atoms with Gasteiger partial charge in [-0.15, -0.1) is 0 Å². The van der Waals surface area contributed by atoms with E-state index in [-0.39, 0.29) is 5.91 Å². The molecule has 1 atom stereocenters. The van der Waals surface area contributed by atoms with Crippen molar-refractivity contribution in [2.75, 3.05) is 18.4 Å². The molecule has 19 heavy (non-hydrogen) atoms. The topological polar surface area (TPSA) is 54.0 Å². The van der Waals surface area contributed by atoms with Crippen molar-refractivity contribution in [1.82, 2.24) is 10.3 Å². The van der Waals surface area contributed by atoms with Crippen molar-refractivity contribution >= 4 is 23.3 Å². The first kappa shape index (κ1) is 14.3. The van der Waals surface area contributed by atoms with Gasteiger partial charge in [0.25, 0.3) is 0 Å². The van der Waals surface area contributed by atoms with Crippen molar-refractivity contribution in [1.29, 1.82) is 0 Å². The fraction of sp³-hybridized carbons (Fsp3) is 0.571. The van der Waals surface area contributed by atoms with Crippen LogP contribution in [-0.2, 0) is 4.79 Å². The van der Waals surface area contributed by atoms with Crippen LogP contribution < -0.4 is 10.6 Å². The molecule has 4 nitrogen and oxygen atoms in total. The molecule has 0 bridgehead atoms. The van der Waals surface area contributed by atoms with E-state index in [4.69, 9.17) is 11.6 Å². The Kier molecular flexibility index (Phi) is 4.42. The third-order valence-corrected chi connectivity index (χ3v) is 4.10. The van der Waals surface area contributed by atoms with E-state index >= 15 is 0 Å². The average molecular weight is 282 g/mol. The first-order chi connectivity index (χ1) is 9.00. The van der Waals surface area contributed by atoms with Crippen molar-refractivity contribution < 1.29 is 4.79 Å². The lowest BCUT2D eigenvalue weighted by Gasteiger charge is -2.35. The third kappa shape index (κ3) is 3.45. The number of anilines is 1. The van der Waals surface area contributed by atoms with Crippen LogP contribution >= 0.6 is 11.6 Å². The van der Waals surface area contributed by atoms with Gasteiger partial charge in [-0.2, -0.15) is 0 Å². The molecule has 1 aliphatic rings. The zero-order chi connectivity index (χ0) is 13.9. The smallest absolute Gasteiger partial charge is 0.231 e. The molecular weight excluding hydrogens is 262 g/mol. The van der Waals surface area contributed by atoms with Gasteiger partial charge < -0.3 is 10.6 Å². The third-order valence-electron chi connectivity index (χ3n) is 3.87. The largest absolute Gasteiger partial charge is 0.316 e. The Morgan fingerprint density at radius 2 is 2.32 bits per heavy atom. The fourth-order valence-electron chi connectivity index (χ4n) is 2.38. The first-order valence-corrected chi connectivity index (χ1v) is 7.01. The summed E-state index contributed by atoms with van der Waals surface area (Å²) in [6.07, 6.45) is 3.74. The number of carbonyl (C=O) groups excluding carboxylic acids is 1. The van der Waals surface area contributed by atoms with Gasteiger partial charge in [-0.05, 0) is 44.0 Å². The Labute approximate surface area is 118 Å². The SMILES string of the molecule is CC(C)(C(=O)Nc1ccc(Cl)cn1)C1CCCNC1. The minimum atomic E-state index is -0.408. The average Bonchev–Trinajstić information content (AvgIpc) is 2.42. The van der Waals surface area contributed by atoms with Gasteiger partial charge in [-0.1, -0.05) is 25.4 Å². The second-order valence-corrected chi connectivity index (χ2v) is 6.02. The van der Waals surface area contributed by atoms with E-state index in [1.54, 1.807) is 12.1 Å². The summed E-state index contributed by atoms with van der Waals surface area (Å²) >= 11 is 5.78. The molecule has 1 aliphatic heterocycles. The van der Waals surface area contributed by atoms with Crippen molar-refractivity contribution in [2.24, 2.45) is 11.3 Å². The van der Waals surface area contributed by atoms with Crippen LogP contribution in [0.1, 0.15) is 26.7 Å². The Bertz CT molecular complexity index is 439. The van der Waals surface area contributed by atoms with Crippen molar-refractivity contribution in [3.05, 3.63) is 23.4 Å². The monoisotopic (exact) mass is 281 g/mol. The normalized spacial score (nSPS) is 20.1. The Hall–Kier alpha value is -1.13. The highest BCUT2D eigenvalue weighted by molar-refractivity contribution is 6.30. The summed E-state index contributed by atoms with van der Waals surface area (Å²) in [5.41, 5.74) is -0.408. The fourth-order valence-corrected chi connectivity index (χ4v) is 2.49. The van der Waals surface area contributed by atoms with E-state index in [1.807, 2.05) is 13.8 Å². The molecule has 1 aromatic rings. The summed E-state index contributed by atoms with van der Waals surface area (Å²) in [6.45, 7) is 5.94. The lowest BCUT2D eigenvalue weighted by Crippen LogP contribution is -2.44. The highest BCUT2D eigenvalue weighted by atomic mass is 35.5. The second kappa shape index (κ2) is 5.88. The van der Waals surface area contributed by atoms with Gasteiger partial charge in [-0.25, -0.2) is 4.98 Å². The molecular formula is C14H20ClN3O. The molecule has 104 valence electrons. The number of nitrogens with one attached hydrogen (secondary N) is 2. The van der Waals surface area contributed by atoms with E-state index in [9.17, 15) is 4.79 Å². The van der Waals surface area contributed by atoms with Crippen LogP contribution in [0.2, 0.25) is 5.02 Å². The molecule has 0 aromatic carbocycles. The zero-order valence-electron chi connectivity index (χ0n) is 11.4. The number of piperidine rings is 1. The molecule has 1 unspecified atom stereocenters. The molecule has 0 spiro atoms. The summed E-state index contributed by atoms with van der Waals surface area (Å²) in [4.78, 5) is 16.5. The Morgan fingerprint density at radius 3 is 2.89 bits per heavy atom. The minimum absolute atomic E-state index is 0.0102. The quantitative estimate of drug-likeness (QED) is 0.896. The first-order valence-electron chi connectivity index (χ1n) is 6.64. The number of pyridine rings is 1. The van der Waals surface area contributed by atoms with Crippen molar-refractivity contribution in [3.63, 3.8) is 0 Å². The highest BCUT2D eigenvalue weighted by Crippen LogP contribution is 2.32. The number of carbonyl (C=O) groups is 1. The molecule has 0 radical (unpaired) electrons. The van der Waals surface area contributed by atoms with E-state index in [2.05, 4.69) is 15.6 Å². The van der Waals surface area contributed by atoms with Crippen LogP contribution in [0, 0.1) is 11.3 Å². The maximum Gasteiger partial charge on any atom is 0.231 e.